The van der Waals surface area contributed by atoms with Crippen molar-refractivity contribution in [3.05, 3.63) is 100 Å². The molecule has 8 heterocycles. The number of aryl methyl sites for hydroxylation is 10. The Labute approximate surface area is 263 Å². The minimum atomic E-state index is 0.632. The SMILES string of the molecule is Cc1ncc(C)n2nc(CCc3cn4cc(-[n+]5cc(C)n6nc(CCc7nc8c(C)ncc(C)n8n7)nc6c5C)ccc4n3)nc12. The van der Waals surface area contributed by atoms with Gasteiger partial charge in [-0.05, 0) is 47.1 Å². The second-order valence-electron chi connectivity index (χ2n) is 11.9. The molecule has 0 atom stereocenters. The van der Waals surface area contributed by atoms with Gasteiger partial charge < -0.3 is 4.40 Å². The zero-order chi connectivity index (χ0) is 31.7. The van der Waals surface area contributed by atoms with E-state index in [1.54, 1.807) is 0 Å². The summed E-state index contributed by atoms with van der Waals surface area (Å²) in [6, 6.07) is 4.13. The van der Waals surface area contributed by atoms with E-state index in [9.17, 15) is 0 Å². The van der Waals surface area contributed by atoms with Crippen LogP contribution < -0.4 is 4.57 Å². The van der Waals surface area contributed by atoms with Gasteiger partial charge in [-0.25, -0.2) is 33.5 Å². The highest BCUT2D eigenvalue weighted by Gasteiger charge is 2.21. The van der Waals surface area contributed by atoms with Gasteiger partial charge in [0.05, 0.1) is 34.7 Å². The molecule has 0 amide bonds. The Morgan fingerprint density at radius 3 is 1.72 bits per heavy atom. The van der Waals surface area contributed by atoms with E-state index in [-0.39, 0.29) is 0 Å². The fourth-order valence-electron chi connectivity index (χ4n) is 5.90. The van der Waals surface area contributed by atoms with E-state index in [2.05, 4.69) is 60.7 Å². The number of rotatable bonds is 7. The van der Waals surface area contributed by atoms with Crippen LogP contribution >= 0.6 is 0 Å². The van der Waals surface area contributed by atoms with Crippen molar-refractivity contribution in [1.29, 1.82) is 0 Å². The molecule has 230 valence electrons. The molecule has 0 N–H and O–H groups in total. The summed E-state index contributed by atoms with van der Waals surface area (Å²) in [6.45, 7) is 12.0. The molecule has 0 aliphatic carbocycles. The Morgan fingerprint density at radius 1 is 0.587 bits per heavy atom. The first-order valence-electron chi connectivity index (χ1n) is 15.3. The van der Waals surface area contributed by atoms with Gasteiger partial charge in [0.1, 0.15) is 11.3 Å². The molecule has 0 aromatic carbocycles. The predicted octanol–water partition coefficient (Wildman–Crippen LogP) is 2.95. The van der Waals surface area contributed by atoms with E-state index in [1.807, 2.05) is 66.6 Å². The van der Waals surface area contributed by atoms with Crippen LogP contribution in [0.15, 0.2) is 43.1 Å². The highest BCUT2D eigenvalue weighted by Crippen LogP contribution is 2.16. The lowest BCUT2D eigenvalue weighted by molar-refractivity contribution is -0.602. The molecule has 0 spiro atoms. The minimum Gasteiger partial charge on any atom is -0.300 e. The molecule has 14 nitrogen and oxygen atoms in total. The Balaban J connectivity index is 1.03. The first-order chi connectivity index (χ1) is 22.2. The number of nitrogens with zero attached hydrogens (tertiary/aromatic N) is 14. The van der Waals surface area contributed by atoms with Crippen LogP contribution in [0.5, 0.6) is 0 Å². The van der Waals surface area contributed by atoms with Crippen molar-refractivity contribution in [1.82, 2.24) is 63.1 Å². The van der Waals surface area contributed by atoms with E-state index in [0.717, 1.165) is 92.0 Å². The Morgan fingerprint density at radius 2 is 1.13 bits per heavy atom. The molecule has 0 radical (unpaired) electrons. The van der Waals surface area contributed by atoms with Crippen LogP contribution in [0.25, 0.3) is 28.3 Å². The minimum absolute atomic E-state index is 0.632. The van der Waals surface area contributed by atoms with Crippen molar-refractivity contribution in [3.8, 4) is 5.69 Å². The maximum absolute atomic E-state index is 4.93. The summed E-state index contributed by atoms with van der Waals surface area (Å²) in [5.41, 5.74) is 10.9. The van der Waals surface area contributed by atoms with Crippen molar-refractivity contribution in [2.75, 3.05) is 0 Å². The van der Waals surface area contributed by atoms with Crippen LogP contribution in [0, 0.1) is 41.5 Å². The normalized spacial score (nSPS) is 12.0. The lowest BCUT2D eigenvalue weighted by Crippen LogP contribution is -2.36. The summed E-state index contributed by atoms with van der Waals surface area (Å²) in [7, 11) is 0. The van der Waals surface area contributed by atoms with Crippen LogP contribution in [0.2, 0.25) is 0 Å². The van der Waals surface area contributed by atoms with Gasteiger partial charge in [0, 0.05) is 50.8 Å². The summed E-state index contributed by atoms with van der Waals surface area (Å²) >= 11 is 0. The molecule has 8 aromatic heterocycles. The van der Waals surface area contributed by atoms with Crippen molar-refractivity contribution >= 4 is 22.6 Å². The molecule has 0 aliphatic rings. The van der Waals surface area contributed by atoms with E-state index < -0.39 is 0 Å². The van der Waals surface area contributed by atoms with Crippen LogP contribution in [0.4, 0.5) is 0 Å². The molecule has 14 heteroatoms. The highest BCUT2D eigenvalue weighted by molar-refractivity contribution is 5.46. The Hall–Kier alpha value is -5.66. The number of fused-ring (bicyclic) bond motifs is 4. The highest BCUT2D eigenvalue weighted by atomic mass is 15.3. The third-order valence-corrected chi connectivity index (χ3v) is 8.43. The zero-order valence-corrected chi connectivity index (χ0v) is 26.6. The number of hydrogen-bond acceptors (Lipinski definition) is 9. The van der Waals surface area contributed by atoms with Crippen LogP contribution in [-0.4, -0.2) is 63.1 Å². The lowest BCUT2D eigenvalue weighted by atomic mass is 10.2. The number of pyridine rings is 1. The average Bonchev–Trinajstić information content (AvgIpc) is 3.84. The molecule has 0 fully saturated rings. The van der Waals surface area contributed by atoms with E-state index in [1.165, 1.54) is 0 Å². The second kappa shape index (κ2) is 10.5. The molecule has 8 aromatic rings. The molecular formula is C32H33N14+. The van der Waals surface area contributed by atoms with Gasteiger partial charge in [-0.1, -0.05) is 0 Å². The summed E-state index contributed by atoms with van der Waals surface area (Å²) in [4.78, 5) is 28.0. The van der Waals surface area contributed by atoms with E-state index in [0.29, 0.717) is 19.3 Å². The zero-order valence-electron chi connectivity index (χ0n) is 26.6. The second-order valence-corrected chi connectivity index (χ2v) is 11.9. The number of hydrogen-bond donors (Lipinski definition) is 0. The van der Waals surface area contributed by atoms with Crippen molar-refractivity contribution in [2.24, 2.45) is 0 Å². The predicted molar refractivity (Wildman–Crippen MR) is 168 cm³/mol. The maximum Gasteiger partial charge on any atom is 0.229 e. The van der Waals surface area contributed by atoms with E-state index >= 15 is 0 Å². The Bertz CT molecular complexity index is 2380. The van der Waals surface area contributed by atoms with Gasteiger partial charge in [0.15, 0.2) is 35.0 Å². The van der Waals surface area contributed by atoms with Crippen LogP contribution in [0.1, 0.15) is 57.3 Å². The van der Waals surface area contributed by atoms with E-state index in [4.69, 9.17) is 25.0 Å². The van der Waals surface area contributed by atoms with Crippen molar-refractivity contribution < 1.29 is 4.57 Å². The maximum atomic E-state index is 4.93. The molecule has 46 heavy (non-hydrogen) atoms. The van der Waals surface area contributed by atoms with Gasteiger partial charge in [-0.2, -0.15) is 19.9 Å². The van der Waals surface area contributed by atoms with Crippen molar-refractivity contribution in [2.45, 2.75) is 67.2 Å². The lowest BCUT2D eigenvalue weighted by Gasteiger charge is -2.04. The van der Waals surface area contributed by atoms with Gasteiger partial charge in [-0.15, -0.1) is 0 Å². The molecule has 0 saturated carbocycles. The summed E-state index contributed by atoms with van der Waals surface area (Å²) in [6.07, 6.45) is 12.6. The van der Waals surface area contributed by atoms with Gasteiger partial charge >= 0.3 is 0 Å². The van der Waals surface area contributed by atoms with Gasteiger partial charge in [0.2, 0.25) is 17.0 Å². The molecule has 0 unspecified atom stereocenters. The third kappa shape index (κ3) is 4.64. The standard InChI is InChI=1S/C32H33N14/c1-18-13-33-21(4)30-36-26(39-44(18)30)9-7-24-16-42-17-25(8-12-29(42)35-24)43-15-20(3)46-32(23(43)6)38-28(41-46)11-10-27-37-31-22(5)34-14-19(2)45(31)40-27/h8,12-17H,7,9-11H2,1-6H3/q+1. The van der Waals surface area contributed by atoms with Crippen LogP contribution in [0.3, 0.4) is 0 Å². The third-order valence-electron chi connectivity index (χ3n) is 8.43. The van der Waals surface area contributed by atoms with Gasteiger partial charge in [0.25, 0.3) is 0 Å². The molecule has 0 aliphatic heterocycles. The summed E-state index contributed by atoms with van der Waals surface area (Å²) < 4.78 is 9.86. The number of aromatic nitrogens is 14. The topological polar surface area (TPSA) is 138 Å². The fraction of sp³-hybridized carbons (Fsp3) is 0.312. The molecule has 0 bridgehead atoms. The molecule has 8 rings (SSSR count). The fourth-order valence-corrected chi connectivity index (χ4v) is 5.90. The summed E-state index contributed by atoms with van der Waals surface area (Å²) in [5.74, 6) is 2.30. The van der Waals surface area contributed by atoms with Crippen molar-refractivity contribution in [3.63, 3.8) is 0 Å². The van der Waals surface area contributed by atoms with Gasteiger partial charge in [-0.3, -0.25) is 9.97 Å². The Kier molecular flexibility index (Phi) is 6.34. The first kappa shape index (κ1) is 27.9. The smallest absolute Gasteiger partial charge is 0.229 e. The van der Waals surface area contributed by atoms with Crippen LogP contribution in [-0.2, 0) is 25.7 Å². The number of imidazole rings is 1. The monoisotopic (exact) mass is 613 g/mol. The largest absolute Gasteiger partial charge is 0.300 e. The molecular weight excluding hydrogens is 580 g/mol. The quantitative estimate of drug-likeness (QED) is 0.248. The first-order valence-corrected chi connectivity index (χ1v) is 15.3. The summed E-state index contributed by atoms with van der Waals surface area (Å²) in [5, 5.41) is 14.2. The average molecular weight is 614 g/mol. The molecule has 0 saturated heterocycles.